The van der Waals surface area contributed by atoms with Gasteiger partial charge in [-0.1, -0.05) is 41.6 Å². The van der Waals surface area contributed by atoms with Gasteiger partial charge in [0.25, 0.3) is 0 Å². The molecular weight excluding hydrogens is 389 g/mol. The minimum absolute atomic E-state index is 0.231. The van der Waals surface area contributed by atoms with Crippen molar-refractivity contribution >= 4 is 47.1 Å². The number of aromatic amines is 1. The van der Waals surface area contributed by atoms with E-state index in [1.807, 2.05) is 0 Å². The fraction of sp³-hybridized carbons (Fsp3) is 0.111. The summed E-state index contributed by atoms with van der Waals surface area (Å²) in [7, 11) is 0. The average Bonchev–Trinajstić information content (AvgIpc) is 3.10. The molecule has 0 saturated heterocycles. The number of nitrogens with one attached hydrogen (secondary N) is 2. The molecule has 2 heterocycles. The van der Waals surface area contributed by atoms with E-state index in [0.717, 1.165) is 5.56 Å². The normalized spacial score (nSPS) is 12.3. The fourth-order valence-electron chi connectivity index (χ4n) is 2.06. The second kappa shape index (κ2) is 8.79. The number of halogens is 2. The molecule has 3 rings (SSSR count). The maximum absolute atomic E-state index is 12.9. The molecule has 6 nitrogen and oxygen atoms in total. The second-order valence-electron chi connectivity index (χ2n) is 5.48. The van der Waals surface area contributed by atoms with Crippen LogP contribution >= 0.6 is 23.4 Å². The molecule has 0 unspecified atom stereocenters. The fourth-order valence-corrected chi connectivity index (χ4v) is 2.96. The molecule has 3 aromatic rings. The van der Waals surface area contributed by atoms with Crippen molar-refractivity contribution < 1.29 is 9.18 Å². The second-order valence-corrected chi connectivity index (χ2v) is 7.15. The molecule has 0 spiro atoms. The third kappa shape index (κ3) is 5.38. The number of benzene rings is 1. The lowest BCUT2D eigenvalue weighted by Gasteiger charge is -2.10. The molecule has 0 aliphatic carbocycles. The highest BCUT2D eigenvalue weighted by atomic mass is 35.5. The Hall–Kier alpha value is -2.71. The van der Waals surface area contributed by atoms with Crippen LogP contribution in [0.15, 0.2) is 47.8 Å². The summed E-state index contributed by atoms with van der Waals surface area (Å²) in [5.41, 5.74) is 1.29. The number of anilines is 1. The first-order valence-corrected chi connectivity index (χ1v) is 9.21. The number of aromatic nitrogens is 4. The Kier molecular flexibility index (Phi) is 6.20. The Morgan fingerprint density at radius 3 is 2.81 bits per heavy atom. The maximum atomic E-state index is 12.9. The van der Waals surface area contributed by atoms with Gasteiger partial charge in [-0.25, -0.2) is 14.4 Å². The standard InChI is InChI=1S/C18H15ClFN5OS/c1-11(17(26)22-14-3-2-10-21-16(14)19)27-18-23-15(24-25-18)9-6-12-4-7-13(20)8-5-12/h2-11H,1H3,(H,22,26)(H,23,24,25)/b9-6-/t11-/m0/s1. The van der Waals surface area contributed by atoms with Gasteiger partial charge < -0.3 is 5.32 Å². The van der Waals surface area contributed by atoms with Crippen LogP contribution in [-0.2, 0) is 4.79 Å². The Balaban J connectivity index is 1.58. The van der Waals surface area contributed by atoms with Gasteiger partial charge in [-0.2, -0.15) is 0 Å². The number of amides is 1. The first kappa shape index (κ1) is 19.1. The van der Waals surface area contributed by atoms with E-state index in [9.17, 15) is 9.18 Å². The van der Waals surface area contributed by atoms with Gasteiger partial charge in [0.1, 0.15) is 11.6 Å². The Morgan fingerprint density at radius 1 is 1.30 bits per heavy atom. The largest absolute Gasteiger partial charge is 0.322 e. The van der Waals surface area contributed by atoms with Gasteiger partial charge in [0, 0.05) is 6.20 Å². The van der Waals surface area contributed by atoms with Gasteiger partial charge in [0.05, 0.1) is 10.9 Å². The lowest BCUT2D eigenvalue weighted by Crippen LogP contribution is -2.22. The lowest BCUT2D eigenvalue weighted by atomic mass is 10.2. The zero-order valence-corrected chi connectivity index (χ0v) is 15.8. The molecule has 2 aromatic heterocycles. The smallest absolute Gasteiger partial charge is 0.237 e. The van der Waals surface area contributed by atoms with E-state index in [1.165, 1.54) is 23.9 Å². The summed E-state index contributed by atoms with van der Waals surface area (Å²) in [6, 6.07) is 9.46. The quantitative estimate of drug-likeness (QED) is 0.474. The molecule has 0 fully saturated rings. The molecule has 0 aliphatic rings. The van der Waals surface area contributed by atoms with E-state index in [1.54, 1.807) is 49.5 Å². The van der Waals surface area contributed by atoms with Crippen LogP contribution in [0.5, 0.6) is 0 Å². The molecule has 27 heavy (non-hydrogen) atoms. The minimum atomic E-state index is -0.439. The number of hydrogen-bond acceptors (Lipinski definition) is 5. The van der Waals surface area contributed by atoms with Crippen LogP contribution in [0.2, 0.25) is 5.15 Å². The van der Waals surface area contributed by atoms with E-state index in [2.05, 4.69) is 25.5 Å². The van der Waals surface area contributed by atoms with Gasteiger partial charge in [-0.3, -0.25) is 9.89 Å². The zero-order chi connectivity index (χ0) is 19.2. The summed E-state index contributed by atoms with van der Waals surface area (Å²) < 4.78 is 12.9. The molecule has 0 aliphatic heterocycles. The third-order valence-corrected chi connectivity index (χ3v) is 4.72. The van der Waals surface area contributed by atoms with Crippen LogP contribution in [0.1, 0.15) is 18.3 Å². The van der Waals surface area contributed by atoms with Gasteiger partial charge in [0.15, 0.2) is 5.15 Å². The summed E-state index contributed by atoms with van der Waals surface area (Å²) in [5.74, 6) is 0.0122. The highest BCUT2D eigenvalue weighted by Gasteiger charge is 2.18. The number of hydrogen-bond donors (Lipinski definition) is 2. The topological polar surface area (TPSA) is 83.6 Å². The molecule has 9 heteroatoms. The van der Waals surface area contributed by atoms with Crippen LogP contribution in [0, 0.1) is 5.82 Å². The minimum Gasteiger partial charge on any atom is -0.322 e. The van der Waals surface area contributed by atoms with Crippen molar-refractivity contribution in [3.8, 4) is 0 Å². The molecule has 1 amide bonds. The zero-order valence-electron chi connectivity index (χ0n) is 14.2. The predicted molar refractivity (Wildman–Crippen MR) is 105 cm³/mol. The van der Waals surface area contributed by atoms with Crippen LogP contribution in [0.4, 0.5) is 10.1 Å². The monoisotopic (exact) mass is 403 g/mol. The number of thioether (sulfide) groups is 1. The SMILES string of the molecule is C[C@H](Sc1n[nH]c(/C=C\c2ccc(F)cc2)n1)C(=O)Nc1cccnc1Cl. The number of H-pyrrole nitrogens is 1. The highest BCUT2D eigenvalue weighted by Crippen LogP contribution is 2.23. The molecule has 2 N–H and O–H groups in total. The number of nitrogens with zero attached hydrogens (tertiary/aromatic N) is 3. The first-order chi connectivity index (χ1) is 13.0. The molecule has 1 atom stereocenters. The van der Waals surface area contributed by atoms with Crippen molar-refractivity contribution in [3.05, 3.63) is 65.0 Å². The highest BCUT2D eigenvalue weighted by molar-refractivity contribution is 8.00. The van der Waals surface area contributed by atoms with Crippen molar-refractivity contribution in [2.45, 2.75) is 17.3 Å². The Labute approximate surface area is 164 Å². The van der Waals surface area contributed by atoms with Crippen molar-refractivity contribution in [2.24, 2.45) is 0 Å². The van der Waals surface area contributed by atoms with Crippen molar-refractivity contribution in [3.63, 3.8) is 0 Å². The first-order valence-electron chi connectivity index (χ1n) is 7.95. The summed E-state index contributed by atoms with van der Waals surface area (Å²) in [6.45, 7) is 1.74. The van der Waals surface area contributed by atoms with E-state index < -0.39 is 5.25 Å². The third-order valence-electron chi connectivity index (χ3n) is 3.45. The molecule has 0 bridgehead atoms. The summed E-state index contributed by atoms with van der Waals surface area (Å²) in [4.78, 5) is 20.5. The van der Waals surface area contributed by atoms with Crippen LogP contribution < -0.4 is 5.32 Å². The van der Waals surface area contributed by atoms with Crippen LogP contribution in [0.3, 0.4) is 0 Å². The Bertz CT molecular complexity index is 960. The lowest BCUT2D eigenvalue weighted by molar-refractivity contribution is -0.115. The van der Waals surface area contributed by atoms with Gasteiger partial charge in [-0.15, -0.1) is 5.10 Å². The van der Waals surface area contributed by atoms with Crippen LogP contribution in [0.25, 0.3) is 12.2 Å². The summed E-state index contributed by atoms with van der Waals surface area (Å²) in [6.07, 6.45) is 5.06. The summed E-state index contributed by atoms with van der Waals surface area (Å²) >= 11 is 7.15. The number of carbonyl (C=O) groups is 1. The van der Waals surface area contributed by atoms with Crippen molar-refractivity contribution in [1.29, 1.82) is 0 Å². The molecule has 1 aromatic carbocycles. The summed E-state index contributed by atoms with van der Waals surface area (Å²) in [5, 5.41) is 9.83. The van der Waals surface area contributed by atoms with Gasteiger partial charge in [-0.05, 0) is 42.8 Å². The van der Waals surface area contributed by atoms with E-state index in [-0.39, 0.29) is 16.9 Å². The van der Waals surface area contributed by atoms with E-state index in [4.69, 9.17) is 11.6 Å². The average molecular weight is 404 g/mol. The maximum Gasteiger partial charge on any atom is 0.237 e. The number of rotatable bonds is 6. The van der Waals surface area contributed by atoms with Crippen LogP contribution in [-0.4, -0.2) is 31.3 Å². The van der Waals surface area contributed by atoms with Crippen molar-refractivity contribution in [1.82, 2.24) is 20.2 Å². The van der Waals surface area contributed by atoms with Gasteiger partial charge in [0.2, 0.25) is 11.1 Å². The number of pyridine rings is 1. The number of carbonyl (C=O) groups excluding carboxylic acids is 1. The molecule has 0 saturated carbocycles. The van der Waals surface area contributed by atoms with Crippen molar-refractivity contribution in [2.75, 3.05) is 5.32 Å². The molecule has 0 radical (unpaired) electrons. The Morgan fingerprint density at radius 2 is 2.07 bits per heavy atom. The van der Waals surface area contributed by atoms with E-state index in [0.29, 0.717) is 16.7 Å². The molecular formula is C18H15ClFN5OS. The predicted octanol–water partition coefficient (Wildman–Crippen LogP) is 4.28. The van der Waals surface area contributed by atoms with Gasteiger partial charge >= 0.3 is 0 Å². The van der Waals surface area contributed by atoms with E-state index >= 15 is 0 Å². The molecule has 138 valence electrons.